The molecule has 1 aromatic heterocycles. The van der Waals surface area contributed by atoms with Crippen LogP contribution in [0.5, 0.6) is 0 Å². The number of rotatable bonds is 5. The van der Waals surface area contributed by atoms with Crippen molar-refractivity contribution in [1.29, 1.82) is 5.41 Å². The molecule has 0 aliphatic heterocycles. The molecule has 0 radical (unpaired) electrons. The molecule has 118 valence electrons. The van der Waals surface area contributed by atoms with Gasteiger partial charge >= 0.3 is 0 Å². The third-order valence-electron chi connectivity index (χ3n) is 4.51. The van der Waals surface area contributed by atoms with E-state index in [1.807, 2.05) is 49.4 Å². The van der Waals surface area contributed by atoms with Gasteiger partial charge in [0.2, 0.25) is 0 Å². The second-order valence-corrected chi connectivity index (χ2v) is 6.09. The lowest BCUT2D eigenvalue weighted by atomic mass is 9.69. The molecular weight excluding hydrogens is 286 g/mol. The van der Waals surface area contributed by atoms with Gasteiger partial charge in [-0.2, -0.15) is 0 Å². The van der Waals surface area contributed by atoms with Crippen LogP contribution in [0.25, 0.3) is 0 Å². The fraction of sp³-hybridized carbons (Fsp3) is 0.316. The fourth-order valence-corrected chi connectivity index (χ4v) is 3.03. The van der Waals surface area contributed by atoms with Crippen LogP contribution < -0.4 is 5.32 Å². The highest BCUT2D eigenvalue weighted by Crippen LogP contribution is 2.42. The van der Waals surface area contributed by atoms with Gasteiger partial charge < -0.3 is 10.7 Å². The molecule has 4 heteroatoms. The fourth-order valence-electron chi connectivity index (χ4n) is 3.03. The topological polar surface area (TPSA) is 65.8 Å². The summed E-state index contributed by atoms with van der Waals surface area (Å²) in [6.45, 7) is 2.35. The SMILES string of the molecule is CC(=N)C1CC[C@H]1c1cccc(C(=O)NCc2ccccc2)n1. The summed E-state index contributed by atoms with van der Waals surface area (Å²) in [5, 5.41) is 10.7. The van der Waals surface area contributed by atoms with Gasteiger partial charge in [0.05, 0.1) is 0 Å². The van der Waals surface area contributed by atoms with Gasteiger partial charge in [0.15, 0.2) is 0 Å². The molecule has 1 fully saturated rings. The van der Waals surface area contributed by atoms with Crippen molar-refractivity contribution in [2.75, 3.05) is 0 Å². The molecule has 4 nitrogen and oxygen atoms in total. The van der Waals surface area contributed by atoms with Gasteiger partial charge in [-0.15, -0.1) is 0 Å². The Bertz CT molecular complexity index is 712. The minimum absolute atomic E-state index is 0.154. The molecule has 1 aliphatic rings. The molecule has 1 saturated carbocycles. The molecule has 2 N–H and O–H groups in total. The minimum atomic E-state index is -0.154. The molecule has 1 amide bonds. The van der Waals surface area contributed by atoms with Gasteiger partial charge in [-0.05, 0) is 37.5 Å². The lowest BCUT2D eigenvalue weighted by molar-refractivity contribution is 0.0945. The van der Waals surface area contributed by atoms with Crippen molar-refractivity contribution in [2.45, 2.75) is 32.2 Å². The molecule has 2 atom stereocenters. The average Bonchev–Trinajstić information content (AvgIpc) is 2.52. The van der Waals surface area contributed by atoms with Crippen LogP contribution in [0.2, 0.25) is 0 Å². The van der Waals surface area contributed by atoms with E-state index in [9.17, 15) is 4.79 Å². The van der Waals surface area contributed by atoms with E-state index in [-0.39, 0.29) is 17.7 Å². The highest BCUT2D eigenvalue weighted by atomic mass is 16.1. The summed E-state index contributed by atoms with van der Waals surface area (Å²) in [5.41, 5.74) is 3.16. The molecule has 1 unspecified atom stereocenters. The lowest BCUT2D eigenvalue weighted by Gasteiger charge is -2.35. The number of carbonyl (C=O) groups is 1. The Balaban J connectivity index is 1.67. The third kappa shape index (κ3) is 3.47. The van der Waals surface area contributed by atoms with Crippen molar-refractivity contribution in [3.05, 3.63) is 65.5 Å². The Morgan fingerprint density at radius 2 is 1.96 bits per heavy atom. The lowest BCUT2D eigenvalue weighted by Crippen LogP contribution is -2.31. The van der Waals surface area contributed by atoms with Gasteiger partial charge in [-0.3, -0.25) is 4.79 Å². The summed E-state index contributed by atoms with van der Waals surface area (Å²) in [7, 11) is 0. The standard InChI is InChI=1S/C19H21N3O/c1-13(20)15-10-11-16(15)17-8-5-9-18(22-17)19(23)21-12-14-6-3-2-4-7-14/h2-9,15-16,20H,10-12H2,1H3,(H,21,23)/t15?,16-/m1/s1. The molecule has 0 bridgehead atoms. The van der Waals surface area contributed by atoms with E-state index in [2.05, 4.69) is 10.3 Å². The summed E-state index contributed by atoms with van der Waals surface area (Å²) in [6, 6.07) is 15.4. The Hall–Kier alpha value is -2.49. The largest absolute Gasteiger partial charge is 0.347 e. The van der Waals surface area contributed by atoms with Crippen LogP contribution in [0, 0.1) is 11.3 Å². The van der Waals surface area contributed by atoms with Crippen LogP contribution >= 0.6 is 0 Å². The molecule has 23 heavy (non-hydrogen) atoms. The van der Waals surface area contributed by atoms with Crippen molar-refractivity contribution in [2.24, 2.45) is 5.92 Å². The van der Waals surface area contributed by atoms with Crippen LogP contribution in [0.4, 0.5) is 0 Å². The van der Waals surface area contributed by atoms with Crippen LogP contribution in [-0.4, -0.2) is 16.6 Å². The molecule has 1 aromatic carbocycles. The van der Waals surface area contributed by atoms with E-state index in [4.69, 9.17) is 5.41 Å². The van der Waals surface area contributed by atoms with Crippen molar-refractivity contribution in [1.82, 2.24) is 10.3 Å². The maximum Gasteiger partial charge on any atom is 0.270 e. The summed E-state index contributed by atoms with van der Waals surface area (Å²) < 4.78 is 0. The molecular formula is C19H21N3O. The Morgan fingerprint density at radius 1 is 1.17 bits per heavy atom. The molecule has 1 aliphatic carbocycles. The van der Waals surface area contributed by atoms with Gasteiger partial charge in [-0.1, -0.05) is 36.4 Å². The number of pyridine rings is 1. The summed E-state index contributed by atoms with van der Waals surface area (Å²) in [6.07, 6.45) is 2.09. The van der Waals surface area contributed by atoms with Crippen molar-refractivity contribution < 1.29 is 4.79 Å². The maximum atomic E-state index is 12.3. The molecule has 1 heterocycles. The van der Waals surface area contributed by atoms with Crippen molar-refractivity contribution in [3.8, 4) is 0 Å². The highest BCUT2D eigenvalue weighted by Gasteiger charge is 2.34. The number of amides is 1. The van der Waals surface area contributed by atoms with E-state index >= 15 is 0 Å². The van der Waals surface area contributed by atoms with Gasteiger partial charge in [0.25, 0.3) is 5.91 Å². The number of aromatic nitrogens is 1. The first-order chi connectivity index (χ1) is 11.1. The zero-order chi connectivity index (χ0) is 16.2. The molecule has 0 saturated heterocycles. The highest BCUT2D eigenvalue weighted by molar-refractivity contribution is 5.92. The minimum Gasteiger partial charge on any atom is -0.347 e. The average molecular weight is 307 g/mol. The molecule has 2 aromatic rings. The van der Waals surface area contributed by atoms with Crippen LogP contribution in [0.3, 0.4) is 0 Å². The van der Waals surface area contributed by atoms with Gasteiger partial charge in [0, 0.05) is 29.8 Å². The summed E-state index contributed by atoms with van der Waals surface area (Å²) in [4.78, 5) is 16.8. The number of nitrogens with one attached hydrogen (secondary N) is 2. The number of benzene rings is 1. The van der Waals surface area contributed by atoms with E-state index in [0.717, 1.165) is 24.1 Å². The van der Waals surface area contributed by atoms with Gasteiger partial charge in [-0.25, -0.2) is 4.98 Å². The van der Waals surface area contributed by atoms with E-state index in [1.54, 1.807) is 6.07 Å². The van der Waals surface area contributed by atoms with Crippen molar-refractivity contribution in [3.63, 3.8) is 0 Å². The first-order valence-corrected chi connectivity index (χ1v) is 7.99. The zero-order valence-corrected chi connectivity index (χ0v) is 13.3. The van der Waals surface area contributed by atoms with E-state index in [1.165, 1.54) is 0 Å². The van der Waals surface area contributed by atoms with Gasteiger partial charge in [0.1, 0.15) is 5.69 Å². The Morgan fingerprint density at radius 3 is 2.61 bits per heavy atom. The quantitative estimate of drug-likeness (QED) is 0.830. The second kappa shape index (κ2) is 6.73. The molecule has 0 spiro atoms. The van der Waals surface area contributed by atoms with Crippen LogP contribution in [0.15, 0.2) is 48.5 Å². The first-order valence-electron chi connectivity index (χ1n) is 7.99. The maximum absolute atomic E-state index is 12.3. The number of hydrogen-bond acceptors (Lipinski definition) is 3. The number of hydrogen-bond donors (Lipinski definition) is 2. The third-order valence-corrected chi connectivity index (χ3v) is 4.51. The second-order valence-electron chi connectivity index (χ2n) is 6.09. The number of nitrogens with zero attached hydrogens (tertiary/aromatic N) is 1. The van der Waals surface area contributed by atoms with E-state index < -0.39 is 0 Å². The Kier molecular flexibility index (Phi) is 4.51. The summed E-state index contributed by atoms with van der Waals surface area (Å²) in [5.74, 6) is 0.414. The summed E-state index contributed by atoms with van der Waals surface area (Å²) >= 11 is 0. The molecule has 3 rings (SSSR count). The smallest absolute Gasteiger partial charge is 0.270 e. The van der Waals surface area contributed by atoms with E-state index in [0.29, 0.717) is 18.0 Å². The zero-order valence-electron chi connectivity index (χ0n) is 13.3. The monoisotopic (exact) mass is 307 g/mol. The van der Waals surface area contributed by atoms with Crippen molar-refractivity contribution >= 4 is 11.6 Å². The first kappa shape index (κ1) is 15.4. The van der Waals surface area contributed by atoms with Crippen LogP contribution in [-0.2, 0) is 6.54 Å². The number of carbonyl (C=O) groups excluding carboxylic acids is 1. The van der Waals surface area contributed by atoms with Crippen LogP contribution in [0.1, 0.15) is 47.4 Å². The predicted molar refractivity (Wildman–Crippen MR) is 90.7 cm³/mol. The Labute approximate surface area is 136 Å². The normalized spacial score (nSPS) is 19.7. The predicted octanol–water partition coefficient (Wildman–Crippen LogP) is 3.54.